The largest absolute Gasteiger partial charge is 0.392 e. The fourth-order valence-corrected chi connectivity index (χ4v) is 2.38. The Hall–Kier alpha value is -1.65. The Kier molecular flexibility index (Phi) is 3.56. The van der Waals surface area contributed by atoms with Crippen molar-refractivity contribution in [3.05, 3.63) is 51.7 Å². The standard InChI is InChI=1S/C13H13NO2S/c1-9-6-7-17-12(9)13(16)14-11-5-3-2-4-10(11)8-15/h2-7,15H,8H2,1H3,(H,14,16). The third-order valence-electron chi connectivity index (χ3n) is 2.50. The summed E-state index contributed by atoms with van der Waals surface area (Å²) in [6, 6.07) is 9.15. The second kappa shape index (κ2) is 5.12. The summed E-state index contributed by atoms with van der Waals surface area (Å²) in [7, 11) is 0. The van der Waals surface area contributed by atoms with Crippen molar-refractivity contribution in [1.82, 2.24) is 0 Å². The van der Waals surface area contributed by atoms with Gasteiger partial charge in [-0.05, 0) is 30.0 Å². The van der Waals surface area contributed by atoms with Gasteiger partial charge < -0.3 is 10.4 Å². The number of aryl methyl sites for hydroxylation is 1. The monoisotopic (exact) mass is 247 g/mol. The molecule has 0 saturated carbocycles. The highest BCUT2D eigenvalue weighted by Gasteiger charge is 2.11. The van der Waals surface area contributed by atoms with Gasteiger partial charge in [-0.1, -0.05) is 18.2 Å². The molecule has 0 radical (unpaired) electrons. The molecule has 0 aliphatic heterocycles. The first kappa shape index (κ1) is 11.8. The number of aliphatic hydroxyl groups is 1. The smallest absolute Gasteiger partial charge is 0.266 e. The van der Waals surface area contributed by atoms with E-state index in [1.807, 2.05) is 30.5 Å². The van der Waals surface area contributed by atoms with E-state index in [1.165, 1.54) is 11.3 Å². The molecule has 1 heterocycles. The number of carbonyl (C=O) groups is 1. The number of aliphatic hydroxyl groups excluding tert-OH is 1. The summed E-state index contributed by atoms with van der Waals surface area (Å²) in [4.78, 5) is 12.7. The first-order valence-electron chi connectivity index (χ1n) is 5.26. The molecule has 2 rings (SSSR count). The van der Waals surface area contributed by atoms with Crippen LogP contribution in [0.15, 0.2) is 35.7 Å². The van der Waals surface area contributed by atoms with Gasteiger partial charge in [-0.3, -0.25) is 4.79 Å². The van der Waals surface area contributed by atoms with Crippen LogP contribution in [0.5, 0.6) is 0 Å². The molecule has 0 bridgehead atoms. The third kappa shape index (κ3) is 2.54. The Bertz CT molecular complexity index is 534. The average molecular weight is 247 g/mol. The van der Waals surface area contributed by atoms with Gasteiger partial charge in [0.15, 0.2) is 0 Å². The fourth-order valence-electron chi connectivity index (χ4n) is 1.56. The van der Waals surface area contributed by atoms with Gasteiger partial charge in [0.2, 0.25) is 0 Å². The van der Waals surface area contributed by atoms with E-state index in [-0.39, 0.29) is 12.5 Å². The number of carbonyl (C=O) groups excluding carboxylic acids is 1. The van der Waals surface area contributed by atoms with Crippen LogP contribution in [0.1, 0.15) is 20.8 Å². The number of hydrogen-bond donors (Lipinski definition) is 2. The van der Waals surface area contributed by atoms with Crippen LogP contribution < -0.4 is 5.32 Å². The molecule has 1 aromatic carbocycles. The summed E-state index contributed by atoms with van der Waals surface area (Å²) in [5.41, 5.74) is 2.34. The van der Waals surface area contributed by atoms with E-state index in [2.05, 4.69) is 5.32 Å². The Balaban J connectivity index is 2.22. The second-order valence-electron chi connectivity index (χ2n) is 3.70. The lowest BCUT2D eigenvalue weighted by Gasteiger charge is -2.08. The molecule has 0 saturated heterocycles. The number of thiophene rings is 1. The number of rotatable bonds is 3. The van der Waals surface area contributed by atoms with Crippen molar-refractivity contribution in [2.24, 2.45) is 0 Å². The van der Waals surface area contributed by atoms with Gasteiger partial charge in [0.25, 0.3) is 5.91 Å². The van der Waals surface area contributed by atoms with E-state index >= 15 is 0 Å². The van der Waals surface area contributed by atoms with E-state index in [0.29, 0.717) is 10.6 Å². The molecule has 0 atom stereocenters. The molecule has 0 aliphatic carbocycles. The third-order valence-corrected chi connectivity index (χ3v) is 3.52. The van der Waals surface area contributed by atoms with Crippen LogP contribution >= 0.6 is 11.3 Å². The molecule has 2 aromatic rings. The Labute approximate surface area is 104 Å². The van der Waals surface area contributed by atoms with E-state index in [9.17, 15) is 4.79 Å². The van der Waals surface area contributed by atoms with Crippen molar-refractivity contribution < 1.29 is 9.90 Å². The molecule has 1 aromatic heterocycles. The molecule has 0 aliphatic rings. The lowest BCUT2D eigenvalue weighted by molar-refractivity contribution is 0.103. The quantitative estimate of drug-likeness (QED) is 0.876. The summed E-state index contributed by atoms with van der Waals surface area (Å²) in [6.07, 6.45) is 0. The van der Waals surface area contributed by atoms with Crippen LogP contribution in [0.2, 0.25) is 0 Å². The molecule has 0 unspecified atom stereocenters. The number of nitrogens with one attached hydrogen (secondary N) is 1. The fraction of sp³-hybridized carbons (Fsp3) is 0.154. The summed E-state index contributed by atoms with van der Waals surface area (Å²) in [6.45, 7) is 1.82. The Morgan fingerprint density at radius 2 is 2.12 bits per heavy atom. The second-order valence-corrected chi connectivity index (χ2v) is 4.62. The van der Waals surface area contributed by atoms with Crippen molar-refractivity contribution in [2.75, 3.05) is 5.32 Å². The Morgan fingerprint density at radius 1 is 1.35 bits per heavy atom. The van der Waals surface area contributed by atoms with Crippen LogP contribution in [0, 0.1) is 6.92 Å². The van der Waals surface area contributed by atoms with E-state index in [1.54, 1.807) is 12.1 Å². The van der Waals surface area contributed by atoms with E-state index in [0.717, 1.165) is 11.1 Å². The van der Waals surface area contributed by atoms with Crippen LogP contribution in [0.3, 0.4) is 0 Å². The molecule has 1 amide bonds. The van der Waals surface area contributed by atoms with Crippen LogP contribution in [-0.2, 0) is 6.61 Å². The Morgan fingerprint density at radius 3 is 2.76 bits per heavy atom. The summed E-state index contributed by atoms with van der Waals surface area (Å²) in [5.74, 6) is -0.126. The molecule has 4 heteroatoms. The number of hydrogen-bond acceptors (Lipinski definition) is 3. The van der Waals surface area contributed by atoms with Crippen molar-refractivity contribution in [1.29, 1.82) is 0 Å². The van der Waals surface area contributed by atoms with Gasteiger partial charge in [-0.15, -0.1) is 11.3 Å². The normalized spacial score (nSPS) is 10.2. The van der Waals surface area contributed by atoms with Crippen LogP contribution in [0.4, 0.5) is 5.69 Å². The highest BCUT2D eigenvalue weighted by atomic mass is 32.1. The summed E-state index contributed by atoms with van der Waals surface area (Å²) < 4.78 is 0. The summed E-state index contributed by atoms with van der Waals surface area (Å²) in [5, 5.41) is 13.9. The predicted molar refractivity (Wildman–Crippen MR) is 69.4 cm³/mol. The zero-order valence-corrected chi connectivity index (χ0v) is 10.3. The highest BCUT2D eigenvalue weighted by Crippen LogP contribution is 2.20. The number of amides is 1. The predicted octanol–water partition coefficient (Wildman–Crippen LogP) is 2.80. The SMILES string of the molecule is Cc1ccsc1C(=O)Nc1ccccc1CO. The molecule has 0 spiro atoms. The van der Waals surface area contributed by atoms with E-state index < -0.39 is 0 Å². The topological polar surface area (TPSA) is 49.3 Å². The van der Waals surface area contributed by atoms with Crippen LogP contribution in [-0.4, -0.2) is 11.0 Å². The van der Waals surface area contributed by atoms with Crippen LogP contribution in [0.25, 0.3) is 0 Å². The minimum atomic E-state index is -0.126. The lowest BCUT2D eigenvalue weighted by Crippen LogP contribution is -2.12. The number of benzene rings is 1. The lowest BCUT2D eigenvalue weighted by atomic mass is 10.2. The first-order valence-corrected chi connectivity index (χ1v) is 6.14. The minimum Gasteiger partial charge on any atom is -0.392 e. The van der Waals surface area contributed by atoms with Gasteiger partial charge in [-0.2, -0.15) is 0 Å². The van der Waals surface area contributed by atoms with Gasteiger partial charge >= 0.3 is 0 Å². The zero-order valence-electron chi connectivity index (χ0n) is 9.43. The molecule has 88 valence electrons. The molecule has 3 nitrogen and oxygen atoms in total. The van der Waals surface area contributed by atoms with Crippen molar-refractivity contribution in [2.45, 2.75) is 13.5 Å². The number of anilines is 1. The molecule has 17 heavy (non-hydrogen) atoms. The highest BCUT2D eigenvalue weighted by molar-refractivity contribution is 7.12. The maximum Gasteiger partial charge on any atom is 0.266 e. The molecule has 0 fully saturated rings. The van der Waals surface area contributed by atoms with E-state index in [4.69, 9.17) is 5.11 Å². The minimum absolute atomic E-state index is 0.0835. The molecular weight excluding hydrogens is 234 g/mol. The van der Waals surface area contributed by atoms with Gasteiger partial charge in [-0.25, -0.2) is 0 Å². The number of para-hydroxylation sites is 1. The van der Waals surface area contributed by atoms with Gasteiger partial charge in [0, 0.05) is 11.3 Å². The molecular formula is C13H13NO2S. The van der Waals surface area contributed by atoms with Crippen molar-refractivity contribution >= 4 is 22.9 Å². The van der Waals surface area contributed by atoms with Crippen molar-refractivity contribution in [3.8, 4) is 0 Å². The average Bonchev–Trinajstić information content (AvgIpc) is 2.76. The zero-order chi connectivity index (χ0) is 12.3. The summed E-state index contributed by atoms with van der Waals surface area (Å²) >= 11 is 1.42. The maximum absolute atomic E-state index is 12.0. The van der Waals surface area contributed by atoms with Gasteiger partial charge in [0.1, 0.15) is 0 Å². The maximum atomic E-state index is 12.0. The molecule has 2 N–H and O–H groups in total. The first-order chi connectivity index (χ1) is 8.22. The van der Waals surface area contributed by atoms with Gasteiger partial charge in [0.05, 0.1) is 11.5 Å². The van der Waals surface area contributed by atoms with Crippen molar-refractivity contribution in [3.63, 3.8) is 0 Å².